The first kappa shape index (κ1) is 13.1. The number of nitrogens with zero attached hydrogens (tertiary/aromatic N) is 3. The van der Waals surface area contributed by atoms with Crippen LogP contribution in [0.1, 0.15) is 17.1 Å². The number of hydrogen-bond donors (Lipinski definition) is 1. The van der Waals surface area contributed by atoms with Crippen LogP contribution in [0, 0.1) is 6.92 Å². The van der Waals surface area contributed by atoms with Crippen LogP contribution in [0.4, 0.5) is 5.13 Å². The highest BCUT2D eigenvalue weighted by Gasteiger charge is 2.16. The number of benzene rings is 1. The third kappa shape index (κ3) is 2.52. The van der Waals surface area contributed by atoms with E-state index in [9.17, 15) is 0 Å². The molecule has 0 amide bonds. The molecule has 102 valence electrons. The van der Waals surface area contributed by atoms with Crippen LogP contribution >= 0.6 is 22.9 Å². The van der Waals surface area contributed by atoms with Crippen LogP contribution in [-0.4, -0.2) is 15.1 Å². The Morgan fingerprint density at radius 1 is 1.30 bits per heavy atom. The highest BCUT2D eigenvalue weighted by molar-refractivity contribution is 7.18. The fraction of sp³-hybridized carbons (Fsp3) is 0.154. The van der Waals surface area contributed by atoms with E-state index in [2.05, 4.69) is 15.1 Å². The molecule has 1 aromatic carbocycles. The average molecular weight is 307 g/mol. The zero-order valence-corrected chi connectivity index (χ0v) is 12.2. The summed E-state index contributed by atoms with van der Waals surface area (Å²) >= 11 is 7.45. The van der Waals surface area contributed by atoms with Crippen LogP contribution in [0.5, 0.6) is 0 Å². The van der Waals surface area contributed by atoms with E-state index in [0.29, 0.717) is 28.3 Å². The quantitative estimate of drug-likeness (QED) is 0.803. The first-order valence-electron chi connectivity index (χ1n) is 5.93. The summed E-state index contributed by atoms with van der Waals surface area (Å²) in [5.74, 6) is 1.03. The molecule has 0 bridgehead atoms. The van der Waals surface area contributed by atoms with Crippen LogP contribution in [0.15, 0.2) is 28.8 Å². The van der Waals surface area contributed by atoms with Crippen molar-refractivity contribution in [2.24, 2.45) is 0 Å². The van der Waals surface area contributed by atoms with Crippen LogP contribution in [-0.2, 0) is 6.42 Å². The minimum atomic E-state index is 0.443. The van der Waals surface area contributed by atoms with Gasteiger partial charge in [-0.25, -0.2) is 4.98 Å². The molecule has 0 fully saturated rings. The topological polar surface area (TPSA) is 77.8 Å². The van der Waals surface area contributed by atoms with Gasteiger partial charge in [0.25, 0.3) is 5.89 Å². The first-order chi connectivity index (χ1) is 9.63. The molecule has 0 unspecified atom stereocenters. The lowest BCUT2D eigenvalue weighted by atomic mass is 10.1. The zero-order valence-electron chi connectivity index (χ0n) is 10.6. The predicted octanol–water partition coefficient (Wildman–Crippen LogP) is 3.33. The maximum absolute atomic E-state index is 6.12. The number of nitrogens with two attached hydrogens (primary N) is 1. The largest absolute Gasteiger partial charge is 0.375 e. The van der Waals surface area contributed by atoms with Gasteiger partial charge in [-0.1, -0.05) is 46.3 Å². The van der Waals surface area contributed by atoms with Gasteiger partial charge in [0.1, 0.15) is 4.88 Å². The van der Waals surface area contributed by atoms with E-state index >= 15 is 0 Å². The molecular formula is C13H11ClN4OS. The molecule has 0 spiro atoms. The molecule has 0 aliphatic carbocycles. The van der Waals surface area contributed by atoms with E-state index in [1.807, 2.05) is 31.2 Å². The minimum Gasteiger partial charge on any atom is -0.375 e. The first-order valence-corrected chi connectivity index (χ1v) is 7.12. The molecule has 0 saturated heterocycles. The van der Waals surface area contributed by atoms with Gasteiger partial charge >= 0.3 is 0 Å². The van der Waals surface area contributed by atoms with E-state index in [4.69, 9.17) is 21.9 Å². The summed E-state index contributed by atoms with van der Waals surface area (Å²) in [4.78, 5) is 9.32. The van der Waals surface area contributed by atoms with Gasteiger partial charge in [0.2, 0.25) is 0 Å². The lowest BCUT2D eigenvalue weighted by Gasteiger charge is -1.98. The number of aryl methyl sites for hydroxylation is 1. The molecule has 0 radical (unpaired) electrons. The van der Waals surface area contributed by atoms with Crippen molar-refractivity contribution in [3.05, 3.63) is 46.4 Å². The van der Waals surface area contributed by atoms with Gasteiger partial charge in [-0.05, 0) is 18.6 Å². The van der Waals surface area contributed by atoms with Gasteiger partial charge in [-0.3, -0.25) is 0 Å². The van der Waals surface area contributed by atoms with Crippen LogP contribution < -0.4 is 5.73 Å². The number of halogens is 1. The van der Waals surface area contributed by atoms with Crippen molar-refractivity contribution in [2.45, 2.75) is 13.3 Å². The number of rotatable bonds is 3. The number of aromatic nitrogens is 3. The lowest BCUT2D eigenvalue weighted by Crippen LogP contribution is -1.91. The van der Waals surface area contributed by atoms with E-state index < -0.39 is 0 Å². The molecular weight excluding hydrogens is 296 g/mol. The molecule has 0 atom stereocenters. The Morgan fingerprint density at radius 2 is 2.10 bits per heavy atom. The molecule has 3 rings (SSSR count). The number of hydrogen-bond acceptors (Lipinski definition) is 6. The molecule has 20 heavy (non-hydrogen) atoms. The van der Waals surface area contributed by atoms with Crippen molar-refractivity contribution < 1.29 is 4.52 Å². The normalized spacial score (nSPS) is 10.9. The zero-order chi connectivity index (χ0) is 14.1. The standard InChI is InChI=1S/C13H11ClN4OS/c1-7-11(20-13(15)16-7)12-17-10(18-19-12)6-8-4-2-3-5-9(8)14/h2-5H,6H2,1H3,(H2,15,16). The van der Waals surface area contributed by atoms with Crippen molar-refractivity contribution in [1.82, 2.24) is 15.1 Å². The molecule has 5 nitrogen and oxygen atoms in total. The van der Waals surface area contributed by atoms with Crippen molar-refractivity contribution in [3.8, 4) is 10.8 Å². The maximum Gasteiger partial charge on any atom is 0.270 e. The Balaban J connectivity index is 1.88. The highest BCUT2D eigenvalue weighted by Crippen LogP contribution is 2.30. The third-order valence-corrected chi connectivity index (χ3v) is 4.13. The van der Waals surface area contributed by atoms with Crippen molar-refractivity contribution in [3.63, 3.8) is 0 Å². The van der Waals surface area contributed by atoms with E-state index in [1.54, 1.807) is 0 Å². The molecule has 2 N–H and O–H groups in total. The van der Waals surface area contributed by atoms with Gasteiger partial charge in [-0.15, -0.1) is 0 Å². The van der Waals surface area contributed by atoms with Gasteiger partial charge in [-0.2, -0.15) is 4.98 Å². The van der Waals surface area contributed by atoms with Crippen molar-refractivity contribution >= 4 is 28.1 Å². The SMILES string of the molecule is Cc1nc(N)sc1-c1nc(Cc2ccccc2Cl)no1. The molecule has 0 saturated carbocycles. The monoisotopic (exact) mass is 306 g/mol. The summed E-state index contributed by atoms with van der Waals surface area (Å²) in [6.45, 7) is 1.86. The second-order valence-corrected chi connectivity index (χ2v) is 5.69. The molecule has 2 heterocycles. The Hall–Kier alpha value is -1.92. The second-order valence-electron chi connectivity index (χ2n) is 4.25. The lowest BCUT2D eigenvalue weighted by molar-refractivity contribution is 0.424. The van der Waals surface area contributed by atoms with Crippen LogP contribution in [0.2, 0.25) is 5.02 Å². The third-order valence-electron chi connectivity index (χ3n) is 2.78. The summed E-state index contributed by atoms with van der Waals surface area (Å²) in [6, 6.07) is 7.59. The summed E-state index contributed by atoms with van der Waals surface area (Å²) in [7, 11) is 0. The smallest absolute Gasteiger partial charge is 0.270 e. The summed E-state index contributed by atoms with van der Waals surface area (Å²) < 4.78 is 5.27. The van der Waals surface area contributed by atoms with Crippen molar-refractivity contribution in [1.29, 1.82) is 0 Å². The fourth-order valence-electron chi connectivity index (χ4n) is 1.85. The maximum atomic E-state index is 6.12. The predicted molar refractivity (Wildman–Crippen MR) is 78.8 cm³/mol. The molecule has 0 aliphatic rings. The Labute approximate surface area is 124 Å². The molecule has 3 aromatic rings. The van der Waals surface area contributed by atoms with Crippen LogP contribution in [0.3, 0.4) is 0 Å². The molecule has 7 heteroatoms. The van der Waals surface area contributed by atoms with E-state index in [1.165, 1.54) is 11.3 Å². The summed E-state index contributed by atoms with van der Waals surface area (Å²) in [6.07, 6.45) is 0.524. The van der Waals surface area contributed by atoms with Crippen LogP contribution in [0.25, 0.3) is 10.8 Å². The summed E-state index contributed by atoms with van der Waals surface area (Å²) in [5.41, 5.74) is 7.42. The number of nitrogen functional groups attached to an aromatic ring is 1. The van der Waals surface area contributed by atoms with Crippen molar-refractivity contribution in [2.75, 3.05) is 5.73 Å². The van der Waals surface area contributed by atoms with Gasteiger partial charge in [0.05, 0.1) is 5.69 Å². The highest BCUT2D eigenvalue weighted by atomic mass is 35.5. The Bertz CT molecular complexity index is 752. The minimum absolute atomic E-state index is 0.443. The van der Waals surface area contributed by atoms with E-state index in [0.717, 1.165) is 16.1 Å². The molecule has 0 aliphatic heterocycles. The van der Waals surface area contributed by atoms with Gasteiger partial charge < -0.3 is 10.3 Å². The molecule has 2 aromatic heterocycles. The average Bonchev–Trinajstić information content (AvgIpc) is 2.99. The van der Waals surface area contributed by atoms with Gasteiger partial charge in [0.15, 0.2) is 11.0 Å². The fourth-order valence-corrected chi connectivity index (χ4v) is 2.80. The Kier molecular flexibility index (Phi) is 3.42. The number of anilines is 1. The van der Waals surface area contributed by atoms with Gasteiger partial charge in [0, 0.05) is 11.4 Å². The second kappa shape index (κ2) is 5.22. The summed E-state index contributed by atoms with van der Waals surface area (Å²) in [5, 5.41) is 5.15. The number of thiazole rings is 1. The van der Waals surface area contributed by atoms with E-state index in [-0.39, 0.29) is 0 Å². The Morgan fingerprint density at radius 3 is 2.80 bits per heavy atom.